The average molecular weight is 656 g/mol. The molecule has 7 aromatic carbocycles. The van der Waals surface area contributed by atoms with Gasteiger partial charge in [-0.05, 0) is 70.8 Å². The number of fused-ring (bicyclic) bond motifs is 6. The fourth-order valence-corrected chi connectivity index (χ4v) is 8.29. The lowest BCUT2D eigenvalue weighted by Gasteiger charge is -2.12. The van der Waals surface area contributed by atoms with Gasteiger partial charge in [-0.25, -0.2) is 9.97 Å². The van der Waals surface area contributed by atoms with E-state index in [9.17, 15) is 0 Å². The third-order valence-electron chi connectivity index (χ3n) is 9.63. The van der Waals surface area contributed by atoms with E-state index in [0.29, 0.717) is 5.95 Å². The fourth-order valence-electron chi connectivity index (χ4n) is 7.20. The normalized spacial score (nSPS) is 11.6. The molecule has 0 N–H and O–H groups in total. The number of hydrogen-bond acceptors (Lipinski definition) is 3. The van der Waals surface area contributed by atoms with Gasteiger partial charge in [0.15, 0.2) is 0 Å². The summed E-state index contributed by atoms with van der Waals surface area (Å²) < 4.78 is 4.86. The van der Waals surface area contributed by atoms with Crippen LogP contribution < -0.4 is 0 Å². The summed E-state index contributed by atoms with van der Waals surface area (Å²) >= 11 is 1.86. The maximum absolute atomic E-state index is 5.19. The van der Waals surface area contributed by atoms with E-state index in [1.165, 1.54) is 53.2 Å². The minimum atomic E-state index is 0.655. The van der Waals surface area contributed by atoms with E-state index in [4.69, 9.17) is 9.97 Å². The maximum Gasteiger partial charge on any atom is 0.235 e. The Bertz CT molecular complexity index is 2810. The van der Waals surface area contributed by atoms with Crippen molar-refractivity contribution < 1.29 is 0 Å². The van der Waals surface area contributed by atoms with Crippen molar-refractivity contribution in [2.45, 2.75) is 0 Å². The molecule has 3 aromatic heterocycles. The number of rotatable bonds is 5. The summed E-state index contributed by atoms with van der Waals surface area (Å²) in [5.74, 6) is 0.655. The molecule has 0 radical (unpaired) electrons. The van der Waals surface area contributed by atoms with Gasteiger partial charge in [0, 0.05) is 42.1 Å². The Morgan fingerprint density at radius 2 is 0.860 bits per heavy atom. The molecule has 0 aliphatic heterocycles. The number of para-hydroxylation sites is 1. The highest BCUT2D eigenvalue weighted by Crippen LogP contribution is 2.39. The molecule has 0 amide bonds. The molecule has 0 bridgehead atoms. The summed E-state index contributed by atoms with van der Waals surface area (Å²) in [7, 11) is 0. The summed E-state index contributed by atoms with van der Waals surface area (Å²) in [5.41, 5.74) is 10.8. The minimum absolute atomic E-state index is 0.655. The van der Waals surface area contributed by atoms with Gasteiger partial charge in [-0.2, -0.15) is 0 Å². The van der Waals surface area contributed by atoms with Gasteiger partial charge in [0.05, 0.1) is 22.4 Å². The SMILES string of the molecule is c1ccc(-c2cc(-c3ccccc3)nc(-n3c4ccccc4c4cc(-c5cccc(-c6ccc7sc8ccccc8c7c6)c5)ccc43)n2)cc1. The van der Waals surface area contributed by atoms with Gasteiger partial charge in [-0.1, -0.05) is 127 Å². The van der Waals surface area contributed by atoms with Crippen molar-refractivity contribution in [2.24, 2.45) is 0 Å². The lowest BCUT2D eigenvalue weighted by Crippen LogP contribution is -2.03. The molecule has 0 atom stereocenters. The van der Waals surface area contributed by atoms with E-state index in [0.717, 1.165) is 33.5 Å². The van der Waals surface area contributed by atoms with Gasteiger partial charge < -0.3 is 0 Å². The van der Waals surface area contributed by atoms with Crippen molar-refractivity contribution >= 4 is 53.3 Å². The molecule has 10 rings (SSSR count). The first-order chi connectivity index (χ1) is 24.8. The maximum atomic E-state index is 5.19. The van der Waals surface area contributed by atoms with Gasteiger partial charge in [-0.15, -0.1) is 11.3 Å². The summed E-state index contributed by atoms with van der Waals surface area (Å²) in [6, 6.07) is 62.6. The minimum Gasteiger partial charge on any atom is -0.278 e. The largest absolute Gasteiger partial charge is 0.278 e. The van der Waals surface area contributed by atoms with E-state index in [1.807, 2.05) is 23.5 Å². The molecule has 4 heteroatoms. The molecule has 234 valence electrons. The Morgan fingerprint density at radius 1 is 0.340 bits per heavy atom. The fraction of sp³-hybridized carbons (Fsp3) is 0. The second-order valence-electron chi connectivity index (χ2n) is 12.6. The number of benzene rings is 7. The van der Waals surface area contributed by atoms with Crippen LogP contribution in [0.1, 0.15) is 0 Å². The highest BCUT2D eigenvalue weighted by atomic mass is 32.1. The Labute approximate surface area is 293 Å². The average Bonchev–Trinajstić information content (AvgIpc) is 3.73. The van der Waals surface area contributed by atoms with Gasteiger partial charge in [0.2, 0.25) is 5.95 Å². The monoisotopic (exact) mass is 655 g/mol. The van der Waals surface area contributed by atoms with Crippen LogP contribution in [0.15, 0.2) is 176 Å². The predicted octanol–water partition coefficient (Wildman–Crippen LogP) is 12.6. The molecule has 0 fully saturated rings. The van der Waals surface area contributed by atoms with Crippen LogP contribution in [-0.2, 0) is 0 Å². The molecule has 3 heterocycles. The van der Waals surface area contributed by atoms with Crippen LogP contribution in [0.5, 0.6) is 0 Å². The molecule has 0 unspecified atom stereocenters. The Kier molecular flexibility index (Phi) is 6.68. The second kappa shape index (κ2) is 11.7. The number of thiophene rings is 1. The zero-order chi connectivity index (χ0) is 33.0. The smallest absolute Gasteiger partial charge is 0.235 e. The van der Waals surface area contributed by atoms with Gasteiger partial charge in [0.1, 0.15) is 0 Å². The van der Waals surface area contributed by atoms with Crippen LogP contribution in [0.2, 0.25) is 0 Å². The Hall–Kier alpha value is -6.36. The van der Waals surface area contributed by atoms with E-state index in [-0.39, 0.29) is 0 Å². The van der Waals surface area contributed by atoms with Crippen LogP contribution in [0, 0.1) is 0 Å². The topological polar surface area (TPSA) is 30.7 Å². The highest BCUT2D eigenvalue weighted by Gasteiger charge is 2.18. The first-order valence-corrected chi connectivity index (χ1v) is 17.6. The molecule has 0 saturated heterocycles. The standard InChI is InChI=1S/C46H29N3S/c1-3-12-30(13-4-1)40-29-41(31-14-5-2-6-15-31)48-46(47-40)49-42-20-9-7-18-36(42)38-27-34(22-24-43(38)49)32-16-11-17-33(26-32)35-23-25-45-39(28-35)37-19-8-10-21-44(37)50-45/h1-29H. The summed E-state index contributed by atoms with van der Waals surface area (Å²) in [4.78, 5) is 10.4. The molecule has 3 nitrogen and oxygen atoms in total. The van der Waals surface area contributed by atoms with E-state index in [1.54, 1.807) is 0 Å². The lowest BCUT2D eigenvalue weighted by molar-refractivity contribution is 0.995. The highest BCUT2D eigenvalue weighted by molar-refractivity contribution is 7.25. The summed E-state index contributed by atoms with van der Waals surface area (Å²) in [6.45, 7) is 0. The molecule has 10 aromatic rings. The molecule has 0 aliphatic carbocycles. The van der Waals surface area contributed by atoms with Crippen LogP contribution >= 0.6 is 11.3 Å². The van der Waals surface area contributed by atoms with E-state index in [2.05, 4.69) is 168 Å². The first-order valence-electron chi connectivity index (χ1n) is 16.8. The first kappa shape index (κ1) is 28.6. The third kappa shape index (κ3) is 4.80. The molecular weight excluding hydrogens is 627 g/mol. The van der Waals surface area contributed by atoms with Gasteiger partial charge in [0.25, 0.3) is 0 Å². The van der Waals surface area contributed by atoms with Crippen LogP contribution in [0.4, 0.5) is 0 Å². The number of hydrogen-bond donors (Lipinski definition) is 0. The predicted molar refractivity (Wildman–Crippen MR) is 211 cm³/mol. The van der Waals surface area contributed by atoms with Crippen LogP contribution in [0.25, 0.3) is 92.7 Å². The van der Waals surface area contributed by atoms with Crippen molar-refractivity contribution in [3.8, 4) is 50.7 Å². The molecule has 0 saturated carbocycles. The van der Waals surface area contributed by atoms with Crippen molar-refractivity contribution in [2.75, 3.05) is 0 Å². The van der Waals surface area contributed by atoms with Crippen LogP contribution in [-0.4, -0.2) is 14.5 Å². The summed E-state index contributed by atoms with van der Waals surface area (Å²) in [6.07, 6.45) is 0. The zero-order valence-corrected chi connectivity index (χ0v) is 27.8. The second-order valence-corrected chi connectivity index (χ2v) is 13.7. The van der Waals surface area contributed by atoms with E-state index < -0.39 is 0 Å². The van der Waals surface area contributed by atoms with Crippen molar-refractivity contribution in [1.82, 2.24) is 14.5 Å². The van der Waals surface area contributed by atoms with E-state index >= 15 is 0 Å². The van der Waals surface area contributed by atoms with Gasteiger partial charge >= 0.3 is 0 Å². The zero-order valence-electron chi connectivity index (χ0n) is 27.0. The number of nitrogens with zero attached hydrogens (tertiary/aromatic N) is 3. The van der Waals surface area contributed by atoms with Crippen molar-refractivity contribution in [3.05, 3.63) is 176 Å². The quantitative estimate of drug-likeness (QED) is 0.185. The molecule has 50 heavy (non-hydrogen) atoms. The Morgan fingerprint density at radius 3 is 1.58 bits per heavy atom. The molecule has 0 aliphatic rings. The van der Waals surface area contributed by atoms with Gasteiger partial charge in [-0.3, -0.25) is 4.57 Å². The van der Waals surface area contributed by atoms with Crippen molar-refractivity contribution in [3.63, 3.8) is 0 Å². The number of aromatic nitrogens is 3. The third-order valence-corrected chi connectivity index (χ3v) is 10.8. The molecular formula is C46H29N3S. The van der Waals surface area contributed by atoms with Crippen LogP contribution in [0.3, 0.4) is 0 Å². The summed E-state index contributed by atoms with van der Waals surface area (Å²) in [5, 5.41) is 4.98. The Balaban J connectivity index is 1.12. The molecule has 0 spiro atoms. The lowest BCUT2D eigenvalue weighted by atomic mass is 9.97. The van der Waals surface area contributed by atoms with Crippen molar-refractivity contribution in [1.29, 1.82) is 0 Å².